The second-order valence-electron chi connectivity index (χ2n) is 10.2. The van der Waals surface area contributed by atoms with Gasteiger partial charge in [-0.05, 0) is 36.3 Å². The number of anilines is 2. The number of methoxy groups -OCH3 is 1. The molecule has 2 aliphatic heterocycles. The lowest BCUT2D eigenvalue weighted by Crippen LogP contribution is -2.41. The van der Waals surface area contributed by atoms with Gasteiger partial charge in [-0.1, -0.05) is 42.5 Å². The normalized spacial score (nSPS) is 19.4. The summed E-state index contributed by atoms with van der Waals surface area (Å²) in [6.45, 7) is 1.72. The number of benzene rings is 2. The van der Waals surface area contributed by atoms with E-state index < -0.39 is 24.3 Å². The number of carboxylic acid groups (broad SMARTS) is 1. The van der Waals surface area contributed by atoms with Crippen molar-refractivity contribution in [3.63, 3.8) is 0 Å². The van der Waals surface area contributed by atoms with Crippen molar-refractivity contribution in [1.82, 2.24) is 15.3 Å². The molecule has 4 N–H and O–H groups in total. The maximum Gasteiger partial charge on any atom is 0.429 e. The molecule has 40 heavy (non-hydrogen) atoms. The minimum absolute atomic E-state index is 0.0912. The van der Waals surface area contributed by atoms with E-state index in [1.54, 1.807) is 18.2 Å². The molecule has 0 unspecified atom stereocenters. The zero-order chi connectivity index (χ0) is 28.5. The minimum Gasteiger partial charge on any atom is -0.496 e. The summed E-state index contributed by atoms with van der Waals surface area (Å²) < 4.78 is 53.3. The highest BCUT2D eigenvalue weighted by Crippen LogP contribution is 2.42. The van der Waals surface area contributed by atoms with Crippen molar-refractivity contribution >= 4 is 17.7 Å². The SMILES string of the molecule is COc1ccccc1-c1ccc([C@@H](Oc2cc(N3CCC4(CC3)CN[C@H](C(=O)O)C4)nc(N)n2)C(F)(F)F)cc1. The summed E-state index contributed by atoms with van der Waals surface area (Å²) in [5.74, 6) is -0.373. The van der Waals surface area contributed by atoms with Gasteiger partial charge in [0.05, 0.1) is 7.11 Å². The summed E-state index contributed by atoms with van der Waals surface area (Å²) >= 11 is 0. The van der Waals surface area contributed by atoms with Crippen LogP contribution in [-0.2, 0) is 4.79 Å². The highest BCUT2D eigenvalue weighted by Gasteiger charge is 2.45. The van der Waals surface area contributed by atoms with E-state index >= 15 is 0 Å². The number of nitrogens with two attached hydrogens (primary N) is 1. The molecule has 0 radical (unpaired) electrons. The number of nitrogens with one attached hydrogen (secondary N) is 1. The molecule has 212 valence electrons. The first-order chi connectivity index (χ1) is 19.1. The van der Waals surface area contributed by atoms with Crippen LogP contribution >= 0.6 is 0 Å². The van der Waals surface area contributed by atoms with Crippen molar-refractivity contribution in [2.24, 2.45) is 5.41 Å². The third-order valence-corrected chi connectivity index (χ3v) is 7.68. The van der Waals surface area contributed by atoms with Crippen LogP contribution in [-0.4, -0.2) is 60.0 Å². The second-order valence-corrected chi connectivity index (χ2v) is 10.2. The summed E-state index contributed by atoms with van der Waals surface area (Å²) in [6, 6.07) is 14.0. The fraction of sp³-hybridized carbons (Fsp3) is 0.393. The smallest absolute Gasteiger partial charge is 0.429 e. The van der Waals surface area contributed by atoms with Crippen LogP contribution in [0.25, 0.3) is 11.1 Å². The molecule has 1 spiro atoms. The molecule has 0 amide bonds. The molecule has 2 fully saturated rings. The predicted octanol–water partition coefficient (Wildman–Crippen LogP) is 4.45. The van der Waals surface area contributed by atoms with Gasteiger partial charge in [0.1, 0.15) is 17.6 Å². The van der Waals surface area contributed by atoms with Gasteiger partial charge in [0.25, 0.3) is 0 Å². The van der Waals surface area contributed by atoms with Gasteiger partial charge in [-0.15, -0.1) is 0 Å². The number of nitrogen functional groups attached to an aromatic ring is 1. The summed E-state index contributed by atoms with van der Waals surface area (Å²) in [6.07, 6.45) is -5.02. The van der Waals surface area contributed by atoms with Gasteiger partial charge in [0.2, 0.25) is 17.9 Å². The first-order valence-corrected chi connectivity index (χ1v) is 12.9. The Balaban J connectivity index is 1.33. The average Bonchev–Trinajstić information content (AvgIpc) is 3.35. The summed E-state index contributed by atoms with van der Waals surface area (Å²) in [7, 11) is 1.53. The third-order valence-electron chi connectivity index (χ3n) is 7.68. The molecule has 0 aliphatic carbocycles. The van der Waals surface area contributed by atoms with Crippen molar-refractivity contribution in [3.05, 3.63) is 60.2 Å². The van der Waals surface area contributed by atoms with Crippen molar-refractivity contribution in [2.45, 2.75) is 37.6 Å². The van der Waals surface area contributed by atoms with Gasteiger partial charge in [0.15, 0.2) is 0 Å². The van der Waals surface area contributed by atoms with Crippen LogP contribution < -0.4 is 25.4 Å². The number of rotatable bonds is 7. The number of carbonyl (C=O) groups is 1. The first kappa shape index (κ1) is 27.5. The molecule has 0 saturated carbocycles. The van der Waals surface area contributed by atoms with Crippen LogP contribution in [0, 0.1) is 5.41 Å². The van der Waals surface area contributed by atoms with Crippen molar-refractivity contribution in [2.75, 3.05) is 37.4 Å². The largest absolute Gasteiger partial charge is 0.496 e. The number of alkyl halides is 3. The summed E-state index contributed by atoms with van der Waals surface area (Å²) in [4.78, 5) is 21.4. The Bertz CT molecular complexity index is 1360. The molecule has 2 atom stereocenters. The number of carboxylic acids is 1. The van der Waals surface area contributed by atoms with Gasteiger partial charge in [-0.25, -0.2) is 0 Å². The van der Waals surface area contributed by atoms with Gasteiger partial charge in [0, 0.05) is 36.8 Å². The Labute approximate surface area is 229 Å². The van der Waals surface area contributed by atoms with E-state index in [4.69, 9.17) is 15.2 Å². The van der Waals surface area contributed by atoms with Crippen molar-refractivity contribution in [3.8, 4) is 22.8 Å². The Kier molecular flexibility index (Phi) is 7.45. The number of aromatic nitrogens is 2. The monoisotopic (exact) mass is 557 g/mol. The molecular formula is C28H30F3N5O4. The van der Waals surface area contributed by atoms with E-state index in [1.165, 1.54) is 25.3 Å². The molecule has 1 aromatic heterocycles. The molecular weight excluding hydrogens is 527 g/mol. The van der Waals surface area contributed by atoms with Gasteiger partial charge >= 0.3 is 12.1 Å². The zero-order valence-electron chi connectivity index (χ0n) is 21.8. The van der Waals surface area contributed by atoms with E-state index in [1.807, 2.05) is 23.1 Å². The molecule has 3 aromatic rings. The van der Waals surface area contributed by atoms with Crippen LogP contribution in [0.4, 0.5) is 24.9 Å². The topological polar surface area (TPSA) is 123 Å². The fourth-order valence-electron chi connectivity index (χ4n) is 5.50. The van der Waals surface area contributed by atoms with E-state index in [0.29, 0.717) is 56.0 Å². The van der Waals surface area contributed by atoms with Gasteiger partial charge in [-0.3, -0.25) is 4.79 Å². The highest BCUT2D eigenvalue weighted by molar-refractivity contribution is 5.74. The van der Waals surface area contributed by atoms with Crippen LogP contribution in [0.2, 0.25) is 0 Å². The fourth-order valence-corrected chi connectivity index (χ4v) is 5.50. The van der Waals surface area contributed by atoms with E-state index in [-0.39, 0.29) is 22.8 Å². The molecule has 0 bridgehead atoms. The highest BCUT2D eigenvalue weighted by atomic mass is 19.4. The Hall–Kier alpha value is -4.06. The van der Waals surface area contributed by atoms with E-state index in [2.05, 4.69) is 15.3 Å². The number of hydrogen-bond acceptors (Lipinski definition) is 8. The number of piperidine rings is 1. The quantitative estimate of drug-likeness (QED) is 0.387. The summed E-state index contributed by atoms with van der Waals surface area (Å²) in [5, 5.41) is 12.4. The van der Waals surface area contributed by atoms with Crippen molar-refractivity contribution in [1.29, 1.82) is 0 Å². The maximum atomic E-state index is 14.2. The van der Waals surface area contributed by atoms with Gasteiger partial charge in [-0.2, -0.15) is 23.1 Å². The maximum absolute atomic E-state index is 14.2. The average molecular weight is 558 g/mol. The number of aliphatic carboxylic acids is 1. The molecule has 5 rings (SSSR count). The lowest BCUT2D eigenvalue weighted by Gasteiger charge is -2.39. The first-order valence-electron chi connectivity index (χ1n) is 12.9. The Morgan fingerprint density at radius 1 is 1.15 bits per heavy atom. The molecule has 2 aliphatic rings. The molecule has 2 aromatic carbocycles. The van der Waals surface area contributed by atoms with Crippen molar-refractivity contribution < 1.29 is 32.5 Å². The van der Waals surface area contributed by atoms with Crippen LogP contribution in [0.15, 0.2) is 54.6 Å². The third kappa shape index (κ3) is 5.76. The molecule has 12 heteroatoms. The number of ether oxygens (including phenoxy) is 2. The Morgan fingerprint density at radius 3 is 2.48 bits per heavy atom. The number of para-hydroxylation sites is 1. The molecule has 2 saturated heterocycles. The molecule has 9 nitrogen and oxygen atoms in total. The van der Waals surface area contributed by atoms with E-state index in [9.17, 15) is 23.1 Å². The van der Waals surface area contributed by atoms with Crippen LogP contribution in [0.3, 0.4) is 0 Å². The zero-order valence-corrected chi connectivity index (χ0v) is 21.8. The Morgan fingerprint density at radius 2 is 1.85 bits per heavy atom. The lowest BCUT2D eigenvalue weighted by atomic mass is 9.76. The second kappa shape index (κ2) is 10.8. The number of halogens is 3. The number of nitrogens with zero attached hydrogens (tertiary/aromatic N) is 3. The standard InChI is InChI=1S/C28H30F3N5O4/c1-39-21-5-3-2-4-19(21)17-6-8-18(9-7-17)24(28(29,30)31)40-23-14-22(34-26(32)35-23)36-12-10-27(11-13-36)15-20(25(37)38)33-16-27/h2-9,14,20,24,33H,10-13,15-16H2,1H3,(H,37,38)(H2,32,34,35)/t20-,24+/m0/s1. The summed E-state index contributed by atoms with van der Waals surface area (Å²) in [5.41, 5.74) is 7.10. The van der Waals surface area contributed by atoms with Gasteiger partial charge < -0.3 is 30.5 Å². The lowest BCUT2D eigenvalue weighted by molar-refractivity contribution is -0.198. The van der Waals surface area contributed by atoms with Crippen LogP contribution in [0.1, 0.15) is 30.9 Å². The van der Waals surface area contributed by atoms with E-state index in [0.717, 1.165) is 5.56 Å². The minimum atomic E-state index is -4.72. The van der Waals surface area contributed by atoms with Crippen LogP contribution in [0.5, 0.6) is 11.6 Å². The number of hydrogen-bond donors (Lipinski definition) is 3. The predicted molar refractivity (Wildman–Crippen MR) is 142 cm³/mol. The molecule has 3 heterocycles.